The van der Waals surface area contributed by atoms with Crippen LogP contribution in [-0.2, 0) is 0 Å². The molecule has 0 spiro atoms. The fourth-order valence-corrected chi connectivity index (χ4v) is 7.25. The van der Waals surface area contributed by atoms with Gasteiger partial charge in [-0.3, -0.25) is 0 Å². The molecule has 9 aromatic rings. The number of nitrogen functional groups attached to an aromatic ring is 4. The first kappa shape index (κ1) is 27.8. The molecular formula is C44H32N4. The van der Waals surface area contributed by atoms with E-state index in [1.54, 1.807) is 0 Å². The Balaban J connectivity index is 1.46. The van der Waals surface area contributed by atoms with E-state index in [1.165, 1.54) is 43.1 Å². The Kier molecular flexibility index (Phi) is 6.08. The summed E-state index contributed by atoms with van der Waals surface area (Å²) >= 11 is 0. The molecule has 4 heteroatoms. The highest BCUT2D eigenvalue weighted by molar-refractivity contribution is 6.35. The number of hydrogen-bond acceptors (Lipinski definition) is 4. The standard InChI is InChI=1S/C44H32N4/c45-35-9-1-25(2-10-35)29-17-33-18-30(26-3-11-36(46)12-4-26)23-41-42-24-32(28-7-15-38(48)16-8-28)20-34-19-31(27-5-13-37(47)14-6-27)22-40(44(34)42)39(21-29)43(33)41/h1-24H,45-48H2. The van der Waals surface area contributed by atoms with Crippen molar-refractivity contribution in [1.82, 2.24) is 0 Å². The minimum Gasteiger partial charge on any atom is -0.399 e. The first-order chi connectivity index (χ1) is 23.4. The number of benzene rings is 9. The highest BCUT2D eigenvalue weighted by Gasteiger charge is 2.19. The van der Waals surface area contributed by atoms with Crippen molar-refractivity contribution < 1.29 is 0 Å². The van der Waals surface area contributed by atoms with Gasteiger partial charge >= 0.3 is 0 Å². The maximum Gasteiger partial charge on any atom is 0.0314 e. The predicted molar refractivity (Wildman–Crippen MR) is 207 cm³/mol. The van der Waals surface area contributed by atoms with E-state index in [9.17, 15) is 0 Å². The van der Waals surface area contributed by atoms with Gasteiger partial charge in [-0.2, -0.15) is 0 Å². The highest BCUT2D eigenvalue weighted by atomic mass is 14.5. The van der Waals surface area contributed by atoms with Crippen molar-refractivity contribution in [3.8, 4) is 44.5 Å². The van der Waals surface area contributed by atoms with Gasteiger partial charge in [0.1, 0.15) is 0 Å². The van der Waals surface area contributed by atoms with Crippen LogP contribution in [0.25, 0.3) is 87.6 Å². The third-order valence-electron chi connectivity index (χ3n) is 9.65. The van der Waals surface area contributed by atoms with Gasteiger partial charge in [-0.15, -0.1) is 0 Å². The molecule has 0 aromatic heterocycles. The normalized spacial score (nSPS) is 11.7. The zero-order valence-corrected chi connectivity index (χ0v) is 26.2. The van der Waals surface area contributed by atoms with Crippen molar-refractivity contribution >= 4 is 65.8 Å². The molecule has 0 saturated carbocycles. The second-order valence-electron chi connectivity index (χ2n) is 12.8. The predicted octanol–water partition coefficient (Wildman–Crippen LogP) is 10.7. The molecular weight excluding hydrogens is 585 g/mol. The number of hydrogen-bond donors (Lipinski definition) is 4. The second-order valence-corrected chi connectivity index (χ2v) is 12.8. The second kappa shape index (κ2) is 10.5. The van der Waals surface area contributed by atoms with Crippen LogP contribution in [0.4, 0.5) is 22.7 Å². The molecule has 0 aliphatic rings. The Morgan fingerprint density at radius 1 is 0.229 bits per heavy atom. The lowest BCUT2D eigenvalue weighted by Gasteiger charge is -2.20. The van der Waals surface area contributed by atoms with E-state index in [4.69, 9.17) is 22.9 Å². The lowest BCUT2D eigenvalue weighted by Crippen LogP contribution is -1.93. The monoisotopic (exact) mass is 616 g/mol. The first-order valence-electron chi connectivity index (χ1n) is 16.1. The molecule has 0 saturated heterocycles. The van der Waals surface area contributed by atoms with Crippen molar-refractivity contribution in [2.45, 2.75) is 0 Å². The molecule has 0 aliphatic carbocycles. The number of anilines is 4. The zero-order chi connectivity index (χ0) is 32.5. The largest absolute Gasteiger partial charge is 0.399 e. The molecule has 0 bridgehead atoms. The smallest absolute Gasteiger partial charge is 0.0314 e. The molecule has 9 aromatic carbocycles. The van der Waals surface area contributed by atoms with E-state index in [2.05, 4.69) is 97.1 Å². The van der Waals surface area contributed by atoms with E-state index >= 15 is 0 Å². The Morgan fingerprint density at radius 3 is 0.646 bits per heavy atom. The van der Waals surface area contributed by atoms with Crippen molar-refractivity contribution in [2.24, 2.45) is 0 Å². The SMILES string of the molecule is Nc1ccc(-c2cc3cc(-c4ccc(N)cc4)cc4c5cc(-c6ccc(N)cc6)cc6cc(-c7ccc(N)cc7)cc(c(c2)c34)c65)cc1. The lowest BCUT2D eigenvalue weighted by atomic mass is 9.84. The van der Waals surface area contributed by atoms with Crippen molar-refractivity contribution in [3.63, 3.8) is 0 Å². The van der Waals surface area contributed by atoms with E-state index in [0.717, 1.165) is 67.3 Å². The molecule has 0 atom stereocenters. The molecule has 0 unspecified atom stereocenters. The van der Waals surface area contributed by atoms with Crippen LogP contribution in [0.1, 0.15) is 0 Å². The fraction of sp³-hybridized carbons (Fsp3) is 0. The number of fused-ring (bicyclic) bond motifs is 2. The van der Waals surface area contributed by atoms with Gasteiger partial charge in [0.2, 0.25) is 0 Å². The van der Waals surface area contributed by atoms with E-state index in [0.29, 0.717) is 0 Å². The number of rotatable bonds is 4. The molecule has 48 heavy (non-hydrogen) atoms. The Hall–Kier alpha value is -6.52. The Bertz CT molecular complexity index is 2290. The van der Waals surface area contributed by atoms with E-state index in [1.807, 2.05) is 48.5 Å². The van der Waals surface area contributed by atoms with Crippen LogP contribution in [0.3, 0.4) is 0 Å². The molecule has 228 valence electrons. The van der Waals surface area contributed by atoms with Crippen LogP contribution < -0.4 is 22.9 Å². The average Bonchev–Trinajstić information content (AvgIpc) is 3.10. The van der Waals surface area contributed by atoms with Crippen molar-refractivity contribution in [1.29, 1.82) is 0 Å². The molecule has 0 fully saturated rings. The van der Waals surface area contributed by atoms with Crippen LogP contribution in [0.5, 0.6) is 0 Å². The van der Waals surface area contributed by atoms with Crippen LogP contribution in [0.15, 0.2) is 146 Å². The maximum atomic E-state index is 6.10. The summed E-state index contributed by atoms with van der Waals surface area (Å²) in [5.41, 5.74) is 36.5. The average molecular weight is 617 g/mol. The van der Waals surface area contributed by atoms with Crippen LogP contribution in [0, 0.1) is 0 Å². The van der Waals surface area contributed by atoms with Gasteiger partial charge < -0.3 is 22.9 Å². The minimum atomic E-state index is 0.748. The van der Waals surface area contributed by atoms with Gasteiger partial charge in [0.15, 0.2) is 0 Å². The van der Waals surface area contributed by atoms with Gasteiger partial charge in [-0.25, -0.2) is 0 Å². The van der Waals surface area contributed by atoms with Gasteiger partial charge in [0.05, 0.1) is 0 Å². The summed E-state index contributed by atoms with van der Waals surface area (Å²) in [5.74, 6) is 0. The van der Waals surface area contributed by atoms with E-state index in [-0.39, 0.29) is 0 Å². The topological polar surface area (TPSA) is 104 Å². The summed E-state index contributed by atoms with van der Waals surface area (Å²) in [6.45, 7) is 0. The lowest BCUT2D eigenvalue weighted by molar-refractivity contribution is 1.62. The highest BCUT2D eigenvalue weighted by Crippen LogP contribution is 2.46. The Labute approximate surface area is 278 Å². The quantitative estimate of drug-likeness (QED) is 0.0897. The third kappa shape index (κ3) is 4.54. The van der Waals surface area contributed by atoms with Gasteiger partial charge in [0.25, 0.3) is 0 Å². The zero-order valence-electron chi connectivity index (χ0n) is 26.2. The molecule has 0 aliphatic heterocycles. The van der Waals surface area contributed by atoms with Gasteiger partial charge in [-0.1, -0.05) is 48.5 Å². The minimum absolute atomic E-state index is 0.748. The van der Waals surface area contributed by atoms with Gasteiger partial charge in [0, 0.05) is 22.7 Å². The van der Waals surface area contributed by atoms with Crippen LogP contribution in [0.2, 0.25) is 0 Å². The third-order valence-corrected chi connectivity index (χ3v) is 9.65. The molecule has 8 N–H and O–H groups in total. The Morgan fingerprint density at radius 2 is 0.438 bits per heavy atom. The molecule has 9 rings (SSSR count). The van der Waals surface area contributed by atoms with Crippen LogP contribution in [-0.4, -0.2) is 0 Å². The summed E-state index contributed by atoms with van der Waals surface area (Å²) in [6, 6.07) is 51.2. The molecule has 4 nitrogen and oxygen atoms in total. The molecule has 0 heterocycles. The summed E-state index contributed by atoms with van der Waals surface area (Å²) in [4.78, 5) is 0. The molecule has 0 amide bonds. The summed E-state index contributed by atoms with van der Waals surface area (Å²) in [6.07, 6.45) is 0. The van der Waals surface area contributed by atoms with Crippen LogP contribution >= 0.6 is 0 Å². The summed E-state index contributed by atoms with van der Waals surface area (Å²) in [5, 5.41) is 9.71. The fourth-order valence-electron chi connectivity index (χ4n) is 7.25. The maximum absolute atomic E-state index is 6.10. The molecule has 0 radical (unpaired) electrons. The van der Waals surface area contributed by atoms with Crippen molar-refractivity contribution in [3.05, 3.63) is 146 Å². The first-order valence-corrected chi connectivity index (χ1v) is 16.1. The summed E-state index contributed by atoms with van der Waals surface area (Å²) in [7, 11) is 0. The van der Waals surface area contributed by atoms with E-state index < -0.39 is 0 Å². The van der Waals surface area contributed by atoms with Gasteiger partial charge in [-0.05, 0) is 185 Å². The number of nitrogens with two attached hydrogens (primary N) is 4. The summed E-state index contributed by atoms with van der Waals surface area (Å²) < 4.78 is 0. The van der Waals surface area contributed by atoms with Crippen molar-refractivity contribution in [2.75, 3.05) is 22.9 Å².